The lowest BCUT2D eigenvalue weighted by atomic mass is 9.85. The van der Waals surface area contributed by atoms with Crippen LogP contribution >= 0.6 is 15.9 Å². The number of carbonyl (C=O) groups is 4. The molecule has 3 amide bonds. The normalized spacial score (nSPS) is 24.8. The van der Waals surface area contributed by atoms with Crippen LogP contribution in [0.1, 0.15) is 22.3 Å². The first-order valence-electron chi connectivity index (χ1n) is 10.7. The zero-order valence-corrected chi connectivity index (χ0v) is 19.4. The second-order valence-corrected chi connectivity index (χ2v) is 9.50. The minimum atomic E-state index is -0.665. The summed E-state index contributed by atoms with van der Waals surface area (Å²) in [6.45, 7) is 1.47. The molecule has 168 valence electrons. The van der Waals surface area contributed by atoms with Crippen LogP contribution in [0.4, 0.5) is 11.4 Å². The lowest BCUT2D eigenvalue weighted by Crippen LogP contribution is -2.32. The van der Waals surface area contributed by atoms with Crippen molar-refractivity contribution in [3.05, 3.63) is 70.2 Å². The first-order chi connectivity index (χ1) is 15.8. The Morgan fingerprint density at radius 3 is 2.27 bits per heavy atom. The van der Waals surface area contributed by atoms with Crippen LogP contribution in [0.2, 0.25) is 0 Å². The molecule has 0 unspecified atom stereocenters. The van der Waals surface area contributed by atoms with Crippen molar-refractivity contribution in [2.24, 2.45) is 23.7 Å². The van der Waals surface area contributed by atoms with Gasteiger partial charge in [0.1, 0.15) is 0 Å². The van der Waals surface area contributed by atoms with E-state index >= 15 is 0 Å². The fraction of sp³-hybridized carbons (Fsp3) is 0.280. The van der Waals surface area contributed by atoms with E-state index in [9.17, 15) is 19.2 Å². The van der Waals surface area contributed by atoms with E-state index < -0.39 is 18.5 Å². The van der Waals surface area contributed by atoms with Gasteiger partial charge in [0.2, 0.25) is 11.8 Å². The van der Waals surface area contributed by atoms with Crippen molar-refractivity contribution in [1.29, 1.82) is 0 Å². The number of halogens is 1. The molecule has 1 saturated heterocycles. The summed E-state index contributed by atoms with van der Waals surface area (Å²) in [5, 5.41) is 2.68. The molecule has 1 aliphatic heterocycles. The first kappa shape index (κ1) is 21.6. The van der Waals surface area contributed by atoms with E-state index in [1.54, 1.807) is 24.3 Å². The van der Waals surface area contributed by atoms with Crippen LogP contribution in [0, 0.1) is 30.6 Å². The molecular weight excluding hydrogens is 488 g/mol. The number of imide groups is 1. The molecule has 5 rings (SSSR count). The number of nitrogens with zero attached hydrogens (tertiary/aromatic N) is 1. The van der Waals surface area contributed by atoms with E-state index in [0.717, 1.165) is 16.5 Å². The number of hydrogen-bond acceptors (Lipinski definition) is 5. The average Bonchev–Trinajstić information content (AvgIpc) is 3.48. The third-order valence-electron chi connectivity index (χ3n) is 6.61. The number of rotatable bonds is 5. The molecule has 2 fully saturated rings. The molecular formula is C25H21BrN2O5. The van der Waals surface area contributed by atoms with Gasteiger partial charge in [-0.05, 0) is 73.2 Å². The third-order valence-corrected chi connectivity index (χ3v) is 7.50. The Morgan fingerprint density at radius 1 is 1.03 bits per heavy atom. The topological polar surface area (TPSA) is 92.8 Å². The van der Waals surface area contributed by atoms with Crippen LogP contribution in [-0.4, -0.2) is 30.3 Å². The summed E-state index contributed by atoms with van der Waals surface area (Å²) in [4.78, 5) is 51.5. The maximum atomic E-state index is 12.9. The Labute approximate surface area is 198 Å². The van der Waals surface area contributed by atoms with Gasteiger partial charge in [0, 0.05) is 10.2 Å². The zero-order chi connectivity index (χ0) is 23.3. The second kappa shape index (κ2) is 8.26. The minimum absolute atomic E-state index is 0.142. The predicted octanol–water partition coefficient (Wildman–Crippen LogP) is 3.86. The highest BCUT2D eigenvalue weighted by molar-refractivity contribution is 9.10. The summed E-state index contributed by atoms with van der Waals surface area (Å²) >= 11 is 3.40. The van der Waals surface area contributed by atoms with Gasteiger partial charge >= 0.3 is 5.97 Å². The highest BCUT2D eigenvalue weighted by Crippen LogP contribution is 2.53. The van der Waals surface area contributed by atoms with Crippen molar-refractivity contribution in [3.8, 4) is 0 Å². The smallest absolute Gasteiger partial charge is 0.338 e. The number of anilines is 2. The number of esters is 1. The van der Waals surface area contributed by atoms with Crippen molar-refractivity contribution in [3.63, 3.8) is 0 Å². The standard InChI is InChI=1S/C25H21BrN2O5/c1-13-10-17(6-9-19(13)26)27-20(29)12-33-25(32)14-4-7-18(8-5-14)28-23(30)21-15-2-3-16(11-15)22(21)24(28)31/h2-10,15-16,21-22H,11-12H2,1H3,(H,27,29)/t15-,16-,21-,22+/m0/s1. The monoisotopic (exact) mass is 508 g/mol. The average molecular weight is 509 g/mol. The quantitative estimate of drug-likeness (QED) is 0.376. The van der Waals surface area contributed by atoms with Gasteiger partial charge in [0.15, 0.2) is 6.61 Å². The van der Waals surface area contributed by atoms with E-state index in [-0.39, 0.29) is 41.0 Å². The third kappa shape index (κ3) is 3.78. The number of allylic oxidation sites excluding steroid dienone is 2. The molecule has 2 aliphatic carbocycles. The lowest BCUT2D eigenvalue weighted by Gasteiger charge is -2.17. The van der Waals surface area contributed by atoms with Gasteiger partial charge in [-0.3, -0.25) is 19.3 Å². The molecule has 2 bridgehead atoms. The first-order valence-corrected chi connectivity index (χ1v) is 11.5. The van der Waals surface area contributed by atoms with E-state index in [2.05, 4.69) is 21.2 Å². The largest absolute Gasteiger partial charge is 0.452 e. The summed E-state index contributed by atoms with van der Waals surface area (Å²) in [5.74, 6) is -1.72. The summed E-state index contributed by atoms with van der Waals surface area (Å²) in [5.41, 5.74) is 2.24. The van der Waals surface area contributed by atoms with Gasteiger partial charge in [0.25, 0.3) is 5.91 Å². The number of nitrogens with one attached hydrogen (secondary N) is 1. The number of aryl methyl sites for hydroxylation is 1. The number of amides is 3. The molecule has 0 aromatic heterocycles. The van der Waals surface area contributed by atoms with Crippen LogP contribution < -0.4 is 10.2 Å². The van der Waals surface area contributed by atoms with Crippen molar-refractivity contribution in [1.82, 2.24) is 0 Å². The van der Waals surface area contributed by atoms with Crippen LogP contribution in [0.3, 0.4) is 0 Å². The van der Waals surface area contributed by atoms with Crippen molar-refractivity contribution >= 4 is 51.0 Å². The van der Waals surface area contributed by atoms with Crippen LogP contribution in [0.5, 0.6) is 0 Å². The summed E-state index contributed by atoms with van der Waals surface area (Å²) in [6.07, 6.45) is 4.97. The summed E-state index contributed by atoms with van der Waals surface area (Å²) in [6, 6.07) is 11.5. The van der Waals surface area contributed by atoms with Crippen molar-refractivity contribution in [2.75, 3.05) is 16.8 Å². The number of fused-ring (bicyclic) bond motifs is 5. The van der Waals surface area contributed by atoms with Gasteiger partial charge in [-0.1, -0.05) is 28.1 Å². The number of hydrogen-bond donors (Lipinski definition) is 1. The molecule has 1 saturated carbocycles. The molecule has 33 heavy (non-hydrogen) atoms. The molecule has 1 N–H and O–H groups in total. The molecule has 3 aliphatic rings. The van der Waals surface area contributed by atoms with Gasteiger partial charge in [-0.2, -0.15) is 0 Å². The molecule has 0 spiro atoms. The number of benzene rings is 2. The maximum absolute atomic E-state index is 12.9. The van der Waals surface area contributed by atoms with E-state index in [1.165, 1.54) is 17.0 Å². The predicted molar refractivity (Wildman–Crippen MR) is 124 cm³/mol. The Balaban J connectivity index is 1.20. The van der Waals surface area contributed by atoms with Crippen LogP contribution in [-0.2, 0) is 19.1 Å². The van der Waals surface area contributed by atoms with Crippen molar-refractivity contribution < 1.29 is 23.9 Å². The Kier molecular flexibility index (Phi) is 5.40. The second-order valence-electron chi connectivity index (χ2n) is 8.65. The molecule has 2 aromatic rings. The minimum Gasteiger partial charge on any atom is -0.452 e. The highest BCUT2D eigenvalue weighted by Gasteiger charge is 2.59. The molecule has 1 heterocycles. The molecule has 2 aromatic carbocycles. The van der Waals surface area contributed by atoms with Crippen LogP contribution in [0.25, 0.3) is 0 Å². The van der Waals surface area contributed by atoms with Gasteiger partial charge in [-0.15, -0.1) is 0 Å². The number of ether oxygens (including phenoxy) is 1. The summed E-state index contributed by atoms with van der Waals surface area (Å²) in [7, 11) is 0. The fourth-order valence-corrected chi connectivity index (χ4v) is 5.28. The van der Waals surface area contributed by atoms with Crippen LogP contribution in [0.15, 0.2) is 59.1 Å². The Hall–Kier alpha value is -3.26. The fourth-order valence-electron chi connectivity index (χ4n) is 5.04. The van der Waals surface area contributed by atoms with Gasteiger partial charge in [0.05, 0.1) is 23.1 Å². The SMILES string of the molecule is Cc1cc(NC(=O)COC(=O)c2ccc(N3C(=O)[C@@H]4[C@H](C3=O)[C@H]3C=C[C@H]4C3)cc2)ccc1Br. The van der Waals surface area contributed by atoms with E-state index in [4.69, 9.17) is 4.74 Å². The molecule has 4 atom stereocenters. The number of carbonyl (C=O) groups excluding carboxylic acids is 4. The van der Waals surface area contributed by atoms with E-state index in [0.29, 0.717) is 11.4 Å². The maximum Gasteiger partial charge on any atom is 0.338 e. The Bertz CT molecular complexity index is 1180. The summed E-state index contributed by atoms with van der Waals surface area (Å²) < 4.78 is 6.04. The van der Waals surface area contributed by atoms with E-state index in [1.807, 2.05) is 25.1 Å². The molecule has 7 nitrogen and oxygen atoms in total. The highest BCUT2D eigenvalue weighted by atomic mass is 79.9. The van der Waals surface area contributed by atoms with Crippen molar-refractivity contribution in [2.45, 2.75) is 13.3 Å². The van der Waals surface area contributed by atoms with Gasteiger partial charge in [-0.25, -0.2) is 4.79 Å². The zero-order valence-electron chi connectivity index (χ0n) is 17.8. The van der Waals surface area contributed by atoms with Gasteiger partial charge < -0.3 is 10.1 Å². The lowest BCUT2D eigenvalue weighted by molar-refractivity contribution is -0.123. The molecule has 8 heteroatoms. The Morgan fingerprint density at radius 2 is 1.67 bits per heavy atom. The molecule has 0 radical (unpaired) electrons.